The molecule has 0 atom stereocenters. The van der Waals surface area contributed by atoms with Crippen molar-refractivity contribution in [3.05, 3.63) is 35.1 Å². The Hall–Kier alpha value is -1.13. The monoisotopic (exact) mass is 326 g/mol. The van der Waals surface area contributed by atoms with Crippen LogP contribution in [0, 0.1) is 18.2 Å². The number of nitrogens with zero attached hydrogens (tertiary/aromatic N) is 1. The highest BCUT2D eigenvalue weighted by molar-refractivity contribution is 5.94. The molecule has 0 bridgehead atoms. The lowest BCUT2D eigenvalue weighted by Crippen LogP contribution is -2.47. The van der Waals surface area contributed by atoms with Gasteiger partial charge in [0.05, 0.1) is 0 Å². The number of halogens is 2. The molecule has 2 heterocycles. The maximum absolute atomic E-state index is 13.3. The summed E-state index contributed by atoms with van der Waals surface area (Å²) in [5, 5.41) is 3.41. The number of hydrogen-bond acceptors (Lipinski definition) is 2. The highest BCUT2D eigenvalue weighted by Crippen LogP contribution is 2.39. The van der Waals surface area contributed by atoms with E-state index in [0.717, 1.165) is 39.0 Å². The van der Waals surface area contributed by atoms with Crippen molar-refractivity contribution in [2.24, 2.45) is 5.41 Å². The molecule has 1 aromatic carbocycles. The van der Waals surface area contributed by atoms with Crippen LogP contribution in [0.1, 0.15) is 41.6 Å². The molecular weight excluding hydrogens is 303 g/mol. The Morgan fingerprint density at radius 1 is 1.18 bits per heavy atom. The zero-order valence-electron chi connectivity index (χ0n) is 13.0. The van der Waals surface area contributed by atoms with Gasteiger partial charge in [0.2, 0.25) is 0 Å². The Morgan fingerprint density at radius 3 is 2.41 bits per heavy atom. The number of aryl methyl sites for hydroxylation is 1. The lowest BCUT2D eigenvalue weighted by Gasteiger charge is -2.44. The maximum Gasteiger partial charge on any atom is 0.253 e. The van der Waals surface area contributed by atoms with E-state index in [4.69, 9.17) is 0 Å². The van der Waals surface area contributed by atoms with E-state index in [0.29, 0.717) is 16.5 Å². The molecule has 0 radical (unpaired) electrons. The average molecular weight is 327 g/mol. The topological polar surface area (TPSA) is 32.3 Å². The minimum atomic E-state index is -0.251. The molecular formula is C17H24ClFN2O. The van der Waals surface area contributed by atoms with E-state index < -0.39 is 0 Å². The van der Waals surface area contributed by atoms with Crippen LogP contribution in [-0.4, -0.2) is 37.0 Å². The Kier molecular flexibility index (Phi) is 5.45. The first kappa shape index (κ1) is 17.2. The Balaban J connectivity index is 0.00000176. The van der Waals surface area contributed by atoms with Crippen molar-refractivity contribution in [1.29, 1.82) is 0 Å². The number of piperidine rings is 2. The number of likely N-dealkylation sites (tertiary alicyclic amines) is 1. The number of carbonyl (C=O) groups excluding carboxylic acids is 1. The van der Waals surface area contributed by atoms with Gasteiger partial charge in [-0.3, -0.25) is 4.79 Å². The van der Waals surface area contributed by atoms with Crippen molar-refractivity contribution in [3.63, 3.8) is 0 Å². The van der Waals surface area contributed by atoms with Gasteiger partial charge in [-0.05, 0) is 74.9 Å². The summed E-state index contributed by atoms with van der Waals surface area (Å²) in [6.45, 7) is 5.56. The first-order valence-electron chi connectivity index (χ1n) is 7.86. The van der Waals surface area contributed by atoms with E-state index in [1.807, 2.05) is 4.90 Å². The minimum absolute atomic E-state index is 0. The Bertz CT molecular complexity index is 533. The van der Waals surface area contributed by atoms with Gasteiger partial charge in [0, 0.05) is 18.7 Å². The molecule has 3 rings (SSSR count). The van der Waals surface area contributed by atoms with E-state index in [9.17, 15) is 9.18 Å². The summed E-state index contributed by atoms with van der Waals surface area (Å²) in [5.41, 5.74) is 1.59. The molecule has 5 heteroatoms. The minimum Gasteiger partial charge on any atom is -0.339 e. The van der Waals surface area contributed by atoms with E-state index in [1.54, 1.807) is 19.1 Å². The second-order valence-corrected chi connectivity index (χ2v) is 6.51. The summed E-state index contributed by atoms with van der Waals surface area (Å²) < 4.78 is 13.3. The van der Waals surface area contributed by atoms with Crippen LogP contribution >= 0.6 is 12.4 Å². The predicted octanol–water partition coefficient (Wildman–Crippen LogP) is 3.16. The third-order valence-electron chi connectivity index (χ3n) is 5.18. The van der Waals surface area contributed by atoms with Crippen LogP contribution in [0.5, 0.6) is 0 Å². The van der Waals surface area contributed by atoms with Crippen LogP contribution in [0.3, 0.4) is 0 Å². The number of rotatable bonds is 1. The molecule has 1 N–H and O–H groups in total. The molecule has 1 spiro atoms. The molecule has 0 aromatic heterocycles. The molecule has 0 aliphatic carbocycles. The number of benzene rings is 1. The maximum atomic E-state index is 13.3. The summed E-state index contributed by atoms with van der Waals surface area (Å²) in [6, 6.07) is 4.65. The second-order valence-electron chi connectivity index (χ2n) is 6.51. The number of nitrogens with one attached hydrogen (secondary N) is 1. The van der Waals surface area contributed by atoms with Crippen molar-refractivity contribution in [3.8, 4) is 0 Å². The van der Waals surface area contributed by atoms with Crippen molar-refractivity contribution in [1.82, 2.24) is 10.2 Å². The van der Waals surface area contributed by atoms with Crippen LogP contribution < -0.4 is 5.32 Å². The second kappa shape index (κ2) is 6.97. The van der Waals surface area contributed by atoms with Gasteiger partial charge in [0.25, 0.3) is 5.91 Å². The van der Waals surface area contributed by atoms with Crippen molar-refractivity contribution in [2.45, 2.75) is 32.6 Å². The molecule has 1 amide bonds. The van der Waals surface area contributed by atoms with Gasteiger partial charge in [-0.2, -0.15) is 0 Å². The molecule has 0 saturated carbocycles. The molecule has 1 aromatic rings. The highest BCUT2D eigenvalue weighted by atomic mass is 35.5. The van der Waals surface area contributed by atoms with Gasteiger partial charge in [-0.25, -0.2) is 4.39 Å². The first-order chi connectivity index (χ1) is 10.1. The molecule has 2 saturated heterocycles. The molecule has 3 nitrogen and oxygen atoms in total. The zero-order chi connectivity index (χ0) is 14.9. The van der Waals surface area contributed by atoms with Crippen molar-refractivity contribution < 1.29 is 9.18 Å². The standard InChI is InChI=1S/C17H23FN2O.ClH/c1-13-12-14(2-3-15(13)18)16(21)20-10-6-17(7-11-20)4-8-19-9-5-17;/h2-3,12,19H,4-11H2,1H3;1H. The van der Waals surface area contributed by atoms with E-state index in [-0.39, 0.29) is 24.1 Å². The molecule has 122 valence electrons. The fourth-order valence-corrected chi connectivity index (χ4v) is 3.60. The number of amides is 1. The fraction of sp³-hybridized carbons (Fsp3) is 0.588. The molecule has 2 aliphatic heterocycles. The fourth-order valence-electron chi connectivity index (χ4n) is 3.60. The van der Waals surface area contributed by atoms with Crippen molar-refractivity contribution in [2.75, 3.05) is 26.2 Å². The largest absolute Gasteiger partial charge is 0.339 e. The average Bonchev–Trinajstić information content (AvgIpc) is 2.51. The normalized spacial score (nSPS) is 20.5. The van der Waals surface area contributed by atoms with E-state index >= 15 is 0 Å². The highest BCUT2D eigenvalue weighted by Gasteiger charge is 2.36. The molecule has 2 fully saturated rings. The third-order valence-corrected chi connectivity index (χ3v) is 5.18. The lowest BCUT2D eigenvalue weighted by atomic mass is 9.71. The summed E-state index contributed by atoms with van der Waals surface area (Å²) in [5.74, 6) is -0.208. The van der Waals surface area contributed by atoms with Crippen molar-refractivity contribution >= 4 is 18.3 Å². The van der Waals surface area contributed by atoms with Crippen LogP contribution in [0.15, 0.2) is 18.2 Å². The summed E-state index contributed by atoms with van der Waals surface area (Å²) in [6.07, 6.45) is 4.65. The predicted molar refractivity (Wildman–Crippen MR) is 88.1 cm³/mol. The third kappa shape index (κ3) is 3.44. The van der Waals surface area contributed by atoms with E-state index in [2.05, 4.69) is 5.32 Å². The smallest absolute Gasteiger partial charge is 0.253 e. The number of hydrogen-bond donors (Lipinski definition) is 1. The van der Waals surface area contributed by atoms with Gasteiger partial charge >= 0.3 is 0 Å². The van der Waals surface area contributed by atoms with Gasteiger partial charge in [0.1, 0.15) is 5.82 Å². The Morgan fingerprint density at radius 2 is 1.82 bits per heavy atom. The molecule has 2 aliphatic rings. The summed E-state index contributed by atoms with van der Waals surface area (Å²) >= 11 is 0. The summed E-state index contributed by atoms with van der Waals surface area (Å²) in [7, 11) is 0. The van der Waals surface area contributed by atoms with Gasteiger partial charge < -0.3 is 10.2 Å². The quantitative estimate of drug-likeness (QED) is 0.859. The molecule has 22 heavy (non-hydrogen) atoms. The zero-order valence-corrected chi connectivity index (χ0v) is 13.8. The van der Waals surface area contributed by atoms with Gasteiger partial charge in [0.15, 0.2) is 0 Å². The van der Waals surface area contributed by atoms with Crippen LogP contribution in [0.4, 0.5) is 4.39 Å². The SMILES string of the molecule is Cc1cc(C(=O)N2CCC3(CCNCC3)CC2)ccc1F.Cl. The Labute approximate surface area is 137 Å². The molecule has 0 unspecified atom stereocenters. The lowest BCUT2D eigenvalue weighted by molar-refractivity contribution is 0.0495. The first-order valence-corrected chi connectivity index (χ1v) is 7.86. The number of carbonyl (C=O) groups is 1. The van der Waals surface area contributed by atoms with Gasteiger partial charge in [-0.15, -0.1) is 12.4 Å². The van der Waals surface area contributed by atoms with Crippen LogP contribution in [0.2, 0.25) is 0 Å². The van der Waals surface area contributed by atoms with Crippen LogP contribution in [-0.2, 0) is 0 Å². The van der Waals surface area contributed by atoms with Crippen LogP contribution in [0.25, 0.3) is 0 Å². The van der Waals surface area contributed by atoms with Gasteiger partial charge in [-0.1, -0.05) is 0 Å². The van der Waals surface area contributed by atoms with E-state index in [1.165, 1.54) is 18.9 Å². The summed E-state index contributed by atoms with van der Waals surface area (Å²) in [4.78, 5) is 14.5.